The van der Waals surface area contributed by atoms with E-state index in [1.165, 1.54) is 12.0 Å². The Kier molecular flexibility index (Phi) is 7.30. The molecule has 0 aromatic rings. The molecule has 0 aliphatic carbocycles. The van der Waals surface area contributed by atoms with Crippen LogP contribution in [0.1, 0.15) is 0 Å². The van der Waals surface area contributed by atoms with Crippen LogP contribution in [0.5, 0.6) is 0 Å². The van der Waals surface area contributed by atoms with Gasteiger partial charge in [0.05, 0.1) is 0 Å². The number of hydrogen-bond acceptors (Lipinski definition) is 2. The van der Waals surface area contributed by atoms with Gasteiger partial charge in [-0.2, -0.15) is 0 Å². The van der Waals surface area contributed by atoms with Crippen molar-refractivity contribution in [1.29, 1.82) is 0 Å². The molecule has 0 saturated heterocycles. The highest BCUT2D eigenvalue weighted by molar-refractivity contribution is 14.3. The molecule has 0 aromatic carbocycles. The van der Waals surface area contributed by atoms with Gasteiger partial charge in [0.25, 0.3) is 0 Å². The van der Waals surface area contributed by atoms with Crippen LogP contribution in [0.25, 0.3) is 0 Å². The number of rotatable bonds is 2. The van der Waals surface area contributed by atoms with Gasteiger partial charge >= 0.3 is 0 Å². The van der Waals surface area contributed by atoms with E-state index in [-0.39, 0.29) is 3.43 Å². The minimum atomic E-state index is -0.198. The first-order valence-corrected chi connectivity index (χ1v) is 9.08. The molecule has 0 aliphatic heterocycles. The van der Waals surface area contributed by atoms with Crippen LogP contribution in [0.4, 0.5) is 0 Å². The molecule has 0 aliphatic rings. The summed E-state index contributed by atoms with van der Waals surface area (Å²) in [7, 11) is 0. The summed E-state index contributed by atoms with van der Waals surface area (Å²) in [5, 5.41) is 0. The highest BCUT2D eigenvalue weighted by atomic mass is 127. The van der Waals surface area contributed by atoms with Gasteiger partial charge < -0.3 is 0 Å². The lowest BCUT2D eigenvalue weighted by molar-refractivity contribution is 0.761. The van der Waals surface area contributed by atoms with Gasteiger partial charge in [0.1, 0.15) is 0 Å². The fourth-order valence-electron chi connectivity index (χ4n) is 0.0563. The van der Waals surface area contributed by atoms with Gasteiger partial charge in [0, 0.05) is 6.26 Å². The molecule has 38 valence electrons. The van der Waals surface area contributed by atoms with Gasteiger partial charge in [-0.05, 0) is 56.1 Å². The first kappa shape index (κ1) is 8.20. The van der Waals surface area contributed by atoms with Crippen LogP contribution in [0.15, 0.2) is 0 Å². The van der Waals surface area contributed by atoms with E-state index in [2.05, 4.69) is 44.1 Å². The molecule has 0 heterocycles. The molecule has 6 heavy (non-hydrogen) atoms. The standard InChI is InChI=1S/CH3I2OPS/c1-6-4-5(2)3/h1H3. The third-order valence-electron chi connectivity index (χ3n) is 0.131. The maximum atomic E-state index is 5.00. The van der Waals surface area contributed by atoms with Crippen molar-refractivity contribution >= 4 is 59.6 Å². The predicted octanol–water partition coefficient (Wildman–Crippen LogP) is 3.38. The molecule has 1 nitrogen and oxygen atoms in total. The molecule has 0 N–H and O–H groups in total. The highest BCUT2D eigenvalue weighted by Gasteiger charge is 1.91. The van der Waals surface area contributed by atoms with Crippen molar-refractivity contribution in [3.63, 3.8) is 0 Å². The smallest absolute Gasteiger partial charge is 0.174 e. The minimum Gasteiger partial charge on any atom is -0.273 e. The molecule has 0 rings (SSSR count). The zero-order chi connectivity index (χ0) is 4.99. The Labute approximate surface area is 69.0 Å². The molecule has 0 bridgehead atoms. The van der Waals surface area contributed by atoms with Gasteiger partial charge in [-0.25, -0.2) is 0 Å². The van der Waals surface area contributed by atoms with Crippen molar-refractivity contribution in [2.75, 3.05) is 6.26 Å². The van der Waals surface area contributed by atoms with Crippen LogP contribution in [-0.4, -0.2) is 6.26 Å². The Morgan fingerprint density at radius 3 is 2.17 bits per heavy atom. The lowest BCUT2D eigenvalue weighted by atomic mass is 12.0. The summed E-state index contributed by atoms with van der Waals surface area (Å²) < 4.78 is 4.80. The highest BCUT2D eigenvalue weighted by Crippen LogP contribution is 2.56. The van der Waals surface area contributed by atoms with E-state index in [0.29, 0.717) is 0 Å². The van der Waals surface area contributed by atoms with Gasteiger partial charge in [-0.3, -0.25) is 3.97 Å². The van der Waals surface area contributed by atoms with Crippen LogP contribution < -0.4 is 0 Å². The lowest BCUT2D eigenvalue weighted by Gasteiger charge is -1.93. The van der Waals surface area contributed by atoms with Gasteiger partial charge in [-0.15, -0.1) is 0 Å². The topological polar surface area (TPSA) is 9.23 Å². The summed E-state index contributed by atoms with van der Waals surface area (Å²) in [5.41, 5.74) is 0. The Morgan fingerprint density at radius 2 is 2.17 bits per heavy atom. The Morgan fingerprint density at radius 1 is 1.67 bits per heavy atom. The van der Waals surface area contributed by atoms with Crippen molar-refractivity contribution in [2.24, 2.45) is 0 Å². The van der Waals surface area contributed by atoms with Crippen LogP contribution in [-0.2, 0) is 3.97 Å². The van der Waals surface area contributed by atoms with Crippen molar-refractivity contribution in [3.8, 4) is 0 Å². The molecule has 0 radical (unpaired) electrons. The summed E-state index contributed by atoms with van der Waals surface area (Å²) in [6.45, 7) is 0. The van der Waals surface area contributed by atoms with Gasteiger partial charge in [0.15, 0.2) is 3.43 Å². The van der Waals surface area contributed by atoms with Crippen LogP contribution in [0.2, 0.25) is 0 Å². The molecule has 0 unspecified atom stereocenters. The largest absolute Gasteiger partial charge is 0.273 e. The lowest BCUT2D eigenvalue weighted by Crippen LogP contribution is -1.48. The quantitative estimate of drug-likeness (QED) is 0.430. The van der Waals surface area contributed by atoms with Crippen LogP contribution in [0.3, 0.4) is 0 Å². The third-order valence-corrected chi connectivity index (χ3v) is 4.07. The second-order valence-corrected chi connectivity index (χ2v) is 12.6. The minimum absolute atomic E-state index is 0.198. The molecule has 5 heteroatoms. The van der Waals surface area contributed by atoms with E-state index in [1.807, 2.05) is 6.26 Å². The SMILES string of the molecule is CSOP(I)I. The summed E-state index contributed by atoms with van der Waals surface area (Å²) in [6, 6.07) is 0. The van der Waals surface area contributed by atoms with E-state index >= 15 is 0 Å². The van der Waals surface area contributed by atoms with Crippen LogP contribution >= 0.6 is 59.6 Å². The average molecular weight is 348 g/mol. The maximum absolute atomic E-state index is 5.00. The van der Waals surface area contributed by atoms with Gasteiger partial charge in [0.2, 0.25) is 0 Å². The molecule has 0 spiro atoms. The maximum Gasteiger partial charge on any atom is 0.174 e. The molecule has 0 atom stereocenters. The molecule has 0 amide bonds. The molecule has 0 saturated carbocycles. The fourth-order valence-corrected chi connectivity index (χ4v) is 3.40. The second kappa shape index (κ2) is 5.34. The van der Waals surface area contributed by atoms with E-state index < -0.39 is 0 Å². The zero-order valence-electron chi connectivity index (χ0n) is 3.02. The first-order valence-electron chi connectivity index (χ1n) is 1.10. The Hall–Kier alpha value is 2.20. The second-order valence-electron chi connectivity index (χ2n) is 0.443. The molecule has 0 fully saturated rings. The van der Waals surface area contributed by atoms with Crippen molar-refractivity contribution in [2.45, 2.75) is 0 Å². The molecular formula is CH3I2OPS. The molecular weight excluding hydrogens is 345 g/mol. The normalized spacial score (nSPS) is 10.0. The summed E-state index contributed by atoms with van der Waals surface area (Å²) in [6.07, 6.45) is 1.92. The monoisotopic (exact) mass is 348 g/mol. The number of halogens is 2. The van der Waals surface area contributed by atoms with Crippen molar-refractivity contribution < 1.29 is 3.97 Å². The van der Waals surface area contributed by atoms with Crippen LogP contribution in [0, 0.1) is 0 Å². The van der Waals surface area contributed by atoms with Gasteiger partial charge in [-0.1, -0.05) is 0 Å². The predicted molar refractivity (Wildman–Crippen MR) is 49.6 cm³/mol. The van der Waals surface area contributed by atoms with Crippen molar-refractivity contribution in [3.05, 3.63) is 0 Å². The van der Waals surface area contributed by atoms with E-state index in [1.54, 1.807) is 0 Å². The fraction of sp³-hybridized carbons (Fsp3) is 1.00. The van der Waals surface area contributed by atoms with Crippen molar-refractivity contribution in [1.82, 2.24) is 0 Å². The summed E-state index contributed by atoms with van der Waals surface area (Å²) in [4.78, 5) is 0. The molecule has 0 aromatic heterocycles. The Balaban J connectivity index is 2.63. The first-order chi connectivity index (χ1) is 2.77. The summed E-state index contributed by atoms with van der Waals surface area (Å²) in [5.74, 6) is 0. The number of hydrogen-bond donors (Lipinski definition) is 0. The summed E-state index contributed by atoms with van der Waals surface area (Å²) >= 11 is 5.93. The van der Waals surface area contributed by atoms with E-state index in [0.717, 1.165) is 0 Å². The average Bonchev–Trinajstić information content (AvgIpc) is 1.35. The zero-order valence-corrected chi connectivity index (χ0v) is 9.05. The Bertz CT molecular complexity index is 34.7. The third kappa shape index (κ3) is 6.20. The van der Waals surface area contributed by atoms with E-state index in [9.17, 15) is 0 Å². The van der Waals surface area contributed by atoms with E-state index in [4.69, 9.17) is 3.97 Å².